The highest BCUT2D eigenvalue weighted by atomic mass is 31.2. The van der Waals surface area contributed by atoms with Gasteiger partial charge in [0, 0.05) is 13.1 Å². The molecule has 6 nitrogen and oxygen atoms in total. The van der Waals surface area contributed by atoms with Gasteiger partial charge >= 0.3 is 7.60 Å². The molecule has 0 fully saturated rings. The maximum Gasteiger partial charge on any atom is 0.350 e. The number of nitrogens with zero attached hydrogens (tertiary/aromatic N) is 3. The van der Waals surface area contributed by atoms with Crippen molar-refractivity contribution in [3.8, 4) is 0 Å². The van der Waals surface area contributed by atoms with E-state index >= 15 is 0 Å². The Morgan fingerprint density at radius 3 is 2.47 bits per heavy atom. The fraction of sp³-hybridized carbons (Fsp3) is 0.875. The van der Waals surface area contributed by atoms with Gasteiger partial charge in [0.2, 0.25) is 0 Å². The van der Waals surface area contributed by atoms with E-state index in [-0.39, 0.29) is 0 Å². The van der Waals surface area contributed by atoms with Gasteiger partial charge in [-0.2, -0.15) is 0 Å². The molecule has 0 rings (SSSR count). The molecule has 7 heteroatoms. The molecule has 0 radical (unpaired) electrons. The van der Waals surface area contributed by atoms with E-state index in [9.17, 15) is 4.57 Å². The second-order valence-electron chi connectivity index (χ2n) is 3.37. The van der Waals surface area contributed by atoms with E-state index in [0.29, 0.717) is 19.5 Å². The Hall–Kier alpha value is -0.510. The lowest BCUT2D eigenvalue weighted by atomic mass is 10.4. The van der Waals surface area contributed by atoms with Crippen LogP contribution in [0.1, 0.15) is 13.3 Å². The summed E-state index contributed by atoms with van der Waals surface area (Å²) in [5.74, 6) is -1.03. The third-order valence-corrected chi connectivity index (χ3v) is 2.81. The second-order valence-corrected chi connectivity index (χ2v) is 5.14. The molecule has 2 N–H and O–H groups in total. The van der Waals surface area contributed by atoms with Crippen molar-refractivity contribution in [1.82, 2.24) is 4.90 Å². The molecule has 0 aromatic carbocycles. The highest BCUT2D eigenvalue weighted by Gasteiger charge is 2.27. The van der Waals surface area contributed by atoms with Crippen molar-refractivity contribution in [2.24, 2.45) is 9.98 Å². The van der Waals surface area contributed by atoms with Gasteiger partial charge in [0.05, 0.1) is 6.01 Å². The van der Waals surface area contributed by atoms with Crippen molar-refractivity contribution >= 4 is 13.6 Å². The Bertz CT molecular complexity index is 281. The molecule has 0 aromatic rings. The van der Waals surface area contributed by atoms with E-state index in [0.717, 1.165) is 0 Å². The van der Waals surface area contributed by atoms with Crippen LogP contribution in [0.15, 0.2) is 9.98 Å². The molecular weight excluding hydrogens is 217 g/mol. The van der Waals surface area contributed by atoms with Gasteiger partial charge in [0.15, 0.2) is 5.78 Å². The minimum atomic E-state index is -4.19. The summed E-state index contributed by atoms with van der Waals surface area (Å²) in [7, 11) is -0.520. The Morgan fingerprint density at radius 2 is 2.07 bits per heavy atom. The maximum atomic E-state index is 11.0. The first-order chi connectivity index (χ1) is 6.88. The molecule has 1 unspecified atom stereocenters. The SMILES string of the molecule is CCN=C=NC(CCN(C)C)P(=O)(O)O. The van der Waals surface area contributed by atoms with Crippen LogP contribution in [0.5, 0.6) is 0 Å². The predicted molar refractivity (Wildman–Crippen MR) is 59.4 cm³/mol. The highest BCUT2D eigenvalue weighted by Crippen LogP contribution is 2.43. The summed E-state index contributed by atoms with van der Waals surface area (Å²) in [6.07, 6.45) is 0.295. The smallest absolute Gasteiger partial charge is 0.323 e. The minimum absolute atomic E-state index is 0.295. The molecular formula is C8H18N3O3P. The number of hydrogen-bond acceptors (Lipinski definition) is 4. The van der Waals surface area contributed by atoms with Gasteiger partial charge in [-0.15, -0.1) is 0 Å². The molecule has 15 heavy (non-hydrogen) atoms. The van der Waals surface area contributed by atoms with E-state index in [1.165, 1.54) is 0 Å². The van der Waals surface area contributed by atoms with Crippen LogP contribution >= 0.6 is 7.60 Å². The highest BCUT2D eigenvalue weighted by molar-refractivity contribution is 7.52. The lowest BCUT2D eigenvalue weighted by Crippen LogP contribution is -2.18. The summed E-state index contributed by atoms with van der Waals surface area (Å²) in [4.78, 5) is 27.2. The zero-order valence-corrected chi connectivity index (χ0v) is 10.2. The van der Waals surface area contributed by atoms with E-state index in [4.69, 9.17) is 9.79 Å². The standard InChI is InChI=1S/C8H18N3O3P/c1-4-9-7-10-8(15(12,13)14)5-6-11(2)3/h8H,4-6H2,1-3H3,(H2,12,13,14). The van der Waals surface area contributed by atoms with Gasteiger partial charge in [0.1, 0.15) is 0 Å². The maximum absolute atomic E-state index is 11.0. The molecule has 0 aliphatic carbocycles. The van der Waals surface area contributed by atoms with Crippen molar-refractivity contribution in [3.63, 3.8) is 0 Å². The normalized spacial score (nSPS) is 13.5. The van der Waals surface area contributed by atoms with E-state index < -0.39 is 13.4 Å². The van der Waals surface area contributed by atoms with Crippen molar-refractivity contribution in [1.29, 1.82) is 0 Å². The predicted octanol–water partition coefficient (Wildman–Crippen LogP) is 0.636. The first-order valence-electron chi connectivity index (χ1n) is 4.69. The van der Waals surface area contributed by atoms with Crippen LogP contribution < -0.4 is 0 Å². The summed E-state index contributed by atoms with van der Waals surface area (Å²) >= 11 is 0. The third kappa shape index (κ3) is 7.42. The molecule has 0 bridgehead atoms. The fourth-order valence-corrected chi connectivity index (χ4v) is 1.51. The topological polar surface area (TPSA) is 85.5 Å². The fourth-order valence-electron chi connectivity index (χ4n) is 0.860. The van der Waals surface area contributed by atoms with Gasteiger partial charge in [-0.3, -0.25) is 4.57 Å². The second kappa shape index (κ2) is 6.88. The Morgan fingerprint density at radius 1 is 1.47 bits per heavy atom. The summed E-state index contributed by atoms with van der Waals surface area (Å²) in [5.41, 5.74) is 0. The molecule has 0 saturated carbocycles. The molecule has 88 valence electrons. The number of hydrogen-bond donors (Lipinski definition) is 2. The lowest BCUT2D eigenvalue weighted by molar-refractivity contribution is 0.340. The average molecular weight is 235 g/mol. The minimum Gasteiger partial charge on any atom is -0.323 e. The zero-order valence-electron chi connectivity index (χ0n) is 9.29. The lowest BCUT2D eigenvalue weighted by Gasteiger charge is -2.15. The van der Waals surface area contributed by atoms with Crippen molar-refractivity contribution in [2.45, 2.75) is 19.1 Å². The van der Waals surface area contributed by atoms with Crippen LogP contribution in [0.2, 0.25) is 0 Å². The first kappa shape index (κ1) is 14.5. The van der Waals surface area contributed by atoms with Crippen LogP contribution in [0, 0.1) is 0 Å². The largest absolute Gasteiger partial charge is 0.350 e. The van der Waals surface area contributed by atoms with Crippen molar-refractivity contribution < 1.29 is 14.4 Å². The van der Waals surface area contributed by atoms with Crippen LogP contribution in [0.25, 0.3) is 0 Å². The van der Waals surface area contributed by atoms with Gasteiger partial charge in [-0.1, -0.05) is 0 Å². The Balaban J connectivity index is 4.47. The van der Waals surface area contributed by atoms with Crippen molar-refractivity contribution in [2.75, 3.05) is 27.2 Å². The monoisotopic (exact) mass is 235 g/mol. The van der Waals surface area contributed by atoms with Gasteiger partial charge < -0.3 is 14.7 Å². The number of rotatable bonds is 6. The molecule has 0 aliphatic rings. The molecule has 0 amide bonds. The molecule has 0 aromatic heterocycles. The zero-order chi connectivity index (χ0) is 11.9. The van der Waals surface area contributed by atoms with Crippen LogP contribution in [-0.2, 0) is 4.57 Å². The Kier molecular flexibility index (Phi) is 6.65. The van der Waals surface area contributed by atoms with Gasteiger partial charge in [0.25, 0.3) is 0 Å². The molecule has 0 saturated heterocycles. The first-order valence-corrected chi connectivity index (χ1v) is 6.37. The summed E-state index contributed by atoms with van der Waals surface area (Å²) in [6, 6.07) is 2.30. The van der Waals surface area contributed by atoms with E-state index in [2.05, 4.69) is 16.0 Å². The van der Waals surface area contributed by atoms with Crippen molar-refractivity contribution in [3.05, 3.63) is 0 Å². The average Bonchev–Trinajstić information content (AvgIpc) is 2.08. The third-order valence-electron chi connectivity index (χ3n) is 1.66. The number of aliphatic imine (C=N–C) groups is 2. The summed E-state index contributed by atoms with van der Waals surface area (Å²) in [6.45, 7) is 2.87. The molecule has 0 spiro atoms. The quantitative estimate of drug-likeness (QED) is 0.522. The summed E-state index contributed by atoms with van der Waals surface area (Å²) < 4.78 is 11.0. The van der Waals surface area contributed by atoms with E-state index in [1.54, 1.807) is 6.92 Å². The van der Waals surface area contributed by atoms with Crippen LogP contribution in [0.4, 0.5) is 0 Å². The van der Waals surface area contributed by atoms with Gasteiger partial charge in [-0.05, 0) is 27.4 Å². The Labute approximate surface area is 89.9 Å². The van der Waals surface area contributed by atoms with Gasteiger partial charge in [-0.25, -0.2) is 9.98 Å². The molecule has 0 heterocycles. The summed E-state index contributed by atoms with van der Waals surface area (Å²) in [5, 5.41) is 0. The van der Waals surface area contributed by atoms with Crippen LogP contribution in [0.3, 0.4) is 0 Å². The van der Waals surface area contributed by atoms with Crippen LogP contribution in [-0.4, -0.2) is 53.7 Å². The van der Waals surface area contributed by atoms with E-state index in [1.807, 2.05) is 19.0 Å². The molecule has 0 aliphatic heterocycles. The molecule has 1 atom stereocenters.